The third-order valence-electron chi connectivity index (χ3n) is 6.07. The van der Waals surface area contributed by atoms with Crippen molar-refractivity contribution in [3.63, 3.8) is 0 Å². The van der Waals surface area contributed by atoms with Gasteiger partial charge in [-0.15, -0.1) is 0 Å². The van der Waals surface area contributed by atoms with Gasteiger partial charge in [0.05, 0.1) is 36.9 Å². The normalized spacial score (nSPS) is 11.8. The van der Waals surface area contributed by atoms with Crippen molar-refractivity contribution in [3.8, 4) is 16.9 Å². The van der Waals surface area contributed by atoms with Gasteiger partial charge in [-0.2, -0.15) is 5.10 Å². The fraction of sp³-hybridized carbons (Fsp3) is 0.185. The van der Waals surface area contributed by atoms with Crippen LogP contribution in [0.3, 0.4) is 0 Å². The van der Waals surface area contributed by atoms with Crippen molar-refractivity contribution >= 4 is 37.5 Å². The number of nitrogens with one attached hydrogen (secondary N) is 1. The van der Waals surface area contributed by atoms with Gasteiger partial charge in [0.15, 0.2) is 11.5 Å². The molecule has 1 N–H and O–H groups in total. The monoisotopic (exact) mass is 522 g/mol. The highest BCUT2D eigenvalue weighted by Crippen LogP contribution is 2.40. The molecular weight excluding hydrogens is 498 g/mol. The molecule has 7 nitrogen and oxygen atoms in total. The Morgan fingerprint density at radius 2 is 1.81 bits per heavy atom. The number of hydrogen-bond acceptors (Lipinski definition) is 5. The minimum Gasteiger partial charge on any atom is -0.496 e. The molecule has 37 heavy (non-hydrogen) atoms. The second-order valence-electron chi connectivity index (χ2n) is 8.63. The van der Waals surface area contributed by atoms with Gasteiger partial charge in [0.2, 0.25) is 10.0 Å². The van der Waals surface area contributed by atoms with Crippen LogP contribution in [-0.4, -0.2) is 36.0 Å². The first-order chi connectivity index (χ1) is 17.8. The molecule has 3 aromatic carbocycles. The predicted octanol–water partition coefficient (Wildman–Crippen LogP) is 5.74. The first kappa shape index (κ1) is 24.6. The molecule has 0 aliphatic rings. The van der Waals surface area contributed by atoms with E-state index < -0.39 is 27.2 Å². The average Bonchev–Trinajstić information content (AvgIpc) is 3.29. The lowest BCUT2D eigenvalue weighted by Crippen LogP contribution is -2.17. The quantitative estimate of drug-likeness (QED) is 0.281. The van der Waals surface area contributed by atoms with E-state index >= 15 is 4.39 Å². The van der Waals surface area contributed by atoms with Crippen LogP contribution >= 0.6 is 0 Å². The Morgan fingerprint density at radius 1 is 1.03 bits per heavy atom. The second kappa shape index (κ2) is 9.78. The molecule has 190 valence electrons. The van der Waals surface area contributed by atoms with Gasteiger partial charge >= 0.3 is 0 Å². The van der Waals surface area contributed by atoms with E-state index in [1.54, 1.807) is 36.1 Å². The highest BCUT2D eigenvalue weighted by atomic mass is 32.2. The maximum absolute atomic E-state index is 15.5. The van der Waals surface area contributed by atoms with E-state index in [4.69, 9.17) is 4.74 Å². The molecule has 0 saturated carbocycles. The summed E-state index contributed by atoms with van der Waals surface area (Å²) >= 11 is 0. The summed E-state index contributed by atoms with van der Waals surface area (Å²) in [5.74, 6) is -1.83. The zero-order valence-corrected chi connectivity index (χ0v) is 21.0. The number of aromatic nitrogens is 3. The van der Waals surface area contributed by atoms with Crippen LogP contribution in [0.5, 0.6) is 5.75 Å². The van der Waals surface area contributed by atoms with E-state index in [-0.39, 0.29) is 22.8 Å². The van der Waals surface area contributed by atoms with Crippen molar-refractivity contribution in [1.29, 1.82) is 0 Å². The van der Waals surface area contributed by atoms with E-state index in [0.29, 0.717) is 24.0 Å². The van der Waals surface area contributed by atoms with Crippen molar-refractivity contribution < 1.29 is 21.9 Å². The minimum absolute atomic E-state index is 0.138. The Labute approximate surface area is 212 Å². The molecule has 0 radical (unpaired) electrons. The summed E-state index contributed by atoms with van der Waals surface area (Å²) in [7, 11) is -2.37. The third kappa shape index (κ3) is 4.72. The van der Waals surface area contributed by atoms with Gasteiger partial charge in [-0.1, -0.05) is 37.3 Å². The van der Waals surface area contributed by atoms with Crippen molar-refractivity contribution in [1.82, 2.24) is 14.8 Å². The van der Waals surface area contributed by atoms with Crippen LogP contribution in [0, 0.1) is 11.6 Å². The van der Waals surface area contributed by atoms with Gasteiger partial charge in [-0.3, -0.25) is 4.72 Å². The Balaban J connectivity index is 1.63. The summed E-state index contributed by atoms with van der Waals surface area (Å²) in [4.78, 5) is 4.57. The Morgan fingerprint density at radius 3 is 2.54 bits per heavy atom. The zero-order valence-electron chi connectivity index (χ0n) is 20.2. The fourth-order valence-corrected chi connectivity index (χ4v) is 5.51. The van der Waals surface area contributed by atoms with Gasteiger partial charge in [0.1, 0.15) is 11.6 Å². The molecule has 5 rings (SSSR count). The van der Waals surface area contributed by atoms with Gasteiger partial charge in [-0.25, -0.2) is 26.9 Å². The second-order valence-corrected chi connectivity index (χ2v) is 10.5. The molecule has 2 aromatic heterocycles. The third-order valence-corrected chi connectivity index (χ3v) is 7.55. The van der Waals surface area contributed by atoms with Crippen molar-refractivity contribution in [2.45, 2.75) is 19.9 Å². The average molecular weight is 523 g/mol. The molecule has 10 heteroatoms. The first-order valence-corrected chi connectivity index (χ1v) is 13.3. The lowest BCUT2D eigenvalue weighted by molar-refractivity contribution is 0.416. The number of sulfonamides is 1. The first-order valence-electron chi connectivity index (χ1n) is 11.7. The number of fused-ring (bicyclic) bond motifs is 3. The van der Waals surface area contributed by atoms with Gasteiger partial charge < -0.3 is 4.74 Å². The van der Waals surface area contributed by atoms with Crippen LogP contribution in [0.1, 0.15) is 18.9 Å². The van der Waals surface area contributed by atoms with Crippen LogP contribution < -0.4 is 9.46 Å². The number of pyridine rings is 1. The van der Waals surface area contributed by atoms with Crippen LogP contribution in [0.4, 0.5) is 14.5 Å². The van der Waals surface area contributed by atoms with Gasteiger partial charge in [-0.05, 0) is 41.6 Å². The zero-order chi connectivity index (χ0) is 26.2. The Kier molecular flexibility index (Phi) is 6.51. The summed E-state index contributed by atoms with van der Waals surface area (Å²) in [5.41, 5.74) is 1.15. The topological polar surface area (TPSA) is 86.1 Å². The number of anilines is 1. The highest BCUT2D eigenvalue weighted by molar-refractivity contribution is 7.92. The van der Waals surface area contributed by atoms with Crippen molar-refractivity contribution in [2.24, 2.45) is 0 Å². The van der Waals surface area contributed by atoms with E-state index in [2.05, 4.69) is 14.8 Å². The number of methoxy groups -OCH3 is 1. The lowest BCUT2D eigenvalue weighted by Gasteiger charge is -2.15. The van der Waals surface area contributed by atoms with Crippen molar-refractivity contribution in [3.05, 3.63) is 84.2 Å². The van der Waals surface area contributed by atoms with E-state index in [1.807, 2.05) is 30.3 Å². The summed E-state index contributed by atoms with van der Waals surface area (Å²) in [5, 5.41) is 6.64. The van der Waals surface area contributed by atoms with Crippen LogP contribution in [0.2, 0.25) is 0 Å². The number of nitrogens with zero attached hydrogens (tertiary/aromatic N) is 3. The molecule has 0 saturated heterocycles. The number of hydrogen-bond donors (Lipinski definition) is 1. The summed E-state index contributed by atoms with van der Waals surface area (Å²) in [6.45, 7) is 2.23. The molecule has 0 atom stereocenters. The molecule has 0 fully saturated rings. The Bertz CT molecular complexity index is 1720. The smallest absolute Gasteiger partial charge is 0.232 e. The van der Waals surface area contributed by atoms with Crippen LogP contribution in [0.15, 0.2) is 67.0 Å². The van der Waals surface area contributed by atoms with E-state index in [9.17, 15) is 12.8 Å². The molecule has 0 aliphatic carbocycles. The number of rotatable bonds is 8. The lowest BCUT2D eigenvalue weighted by atomic mass is 9.98. The summed E-state index contributed by atoms with van der Waals surface area (Å²) < 4.78 is 64.4. The standard InChI is InChI=1S/C27H24F2N4O3S/c1-3-11-37(34,35)32-23-10-9-22(28)25(26(23)29)20-12-18-14-30-27-21(19(18)13-24(20)36-2)15-31-33(27)16-17-7-5-4-6-8-17/h4-10,12-15,32H,3,11,16H2,1-2H3. The number of halogens is 2. The molecule has 0 amide bonds. The molecule has 0 unspecified atom stereocenters. The number of benzene rings is 3. The van der Waals surface area contributed by atoms with Crippen LogP contribution in [0.25, 0.3) is 32.9 Å². The molecule has 5 aromatic rings. The maximum atomic E-state index is 15.5. The minimum atomic E-state index is -3.78. The number of ether oxygens (including phenoxy) is 1. The molecular formula is C27H24F2N4O3S. The van der Waals surface area contributed by atoms with E-state index in [0.717, 1.165) is 28.5 Å². The van der Waals surface area contributed by atoms with Gasteiger partial charge in [0.25, 0.3) is 0 Å². The maximum Gasteiger partial charge on any atom is 0.232 e. The molecule has 0 spiro atoms. The summed E-state index contributed by atoms with van der Waals surface area (Å²) in [6.07, 6.45) is 3.68. The molecule has 0 bridgehead atoms. The van der Waals surface area contributed by atoms with Crippen molar-refractivity contribution in [2.75, 3.05) is 17.6 Å². The summed E-state index contributed by atoms with van der Waals surface area (Å²) in [6, 6.07) is 15.2. The van der Waals surface area contributed by atoms with Crippen LogP contribution in [-0.2, 0) is 16.6 Å². The molecule has 0 aliphatic heterocycles. The molecule has 2 heterocycles. The van der Waals surface area contributed by atoms with Gasteiger partial charge in [0, 0.05) is 22.5 Å². The Hall–Kier alpha value is -4.05. The van der Waals surface area contributed by atoms with E-state index in [1.165, 1.54) is 7.11 Å². The SMILES string of the molecule is CCCS(=O)(=O)Nc1ccc(F)c(-c2cc3cnc4c(cnn4Cc4ccccc4)c3cc2OC)c1F. The fourth-order valence-electron chi connectivity index (χ4n) is 4.37. The largest absolute Gasteiger partial charge is 0.496 e. The highest BCUT2D eigenvalue weighted by Gasteiger charge is 2.23. The predicted molar refractivity (Wildman–Crippen MR) is 140 cm³/mol.